The van der Waals surface area contributed by atoms with Crippen LogP contribution in [0.1, 0.15) is 29.5 Å². The van der Waals surface area contributed by atoms with Crippen molar-refractivity contribution in [3.8, 4) is 0 Å². The molecular weight excluding hydrogens is 258 g/mol. The van der Waals surface area contributed by atoms with Gasteiger partial charge in [-0.2, -0.15) is 0 Å². The molecule has 0 unspecified atom stereocenters. The van der Waals surface area contributed by atoms with Gasteiger partial charge in [-0.3, -0.25) is 4.98 Å². The van der Waals surface area contributed by atoms with Crippen LogP contribution in [0.15, 0.2) is 34.3 Å². The molecule has 0 bridgehead atoms. The van der Waals surface area contributed by atoms with Gasteiger partial charge in [0.2, 0.25) is 0 Å². The van der Waals surface area contributed by atoms with Gasteiger partial charge in [0.1, 0.15) is 5.52 Å². The lowest BCUT2D eigenvalue weighted by Crippen LogP contribution is -1.96. The molecule has 1 N–H and O–H groups in total. The zero-order valence-corrected chi connectivity index (χ0v) is 11.1. The Morgan fingerprint density at radius 1 is 1.37 bits per heavy atom. The molecule has 0 saturated heterocycles. The van der Waals surface area contributed by atoms with Crippen molar-refractivity contribution in [3.05, 3.63) is 40.7 Å². The summed E-state index contributed by atoms with van der Waals surface area (Å²) in [7, 11) is 0. The number of hydrogen-bond donors (Lipinski definition) is 1. The fraction of sp³-hybridized carbons (Fsp3) is 0.286. The minimum atomic E-state index is 0.556. The van der Waals surface area contributed by atoms with Crippen LogP contribution in [0.2, 0.25) is 0 Å². The molecule has 0 atom stereocenters. The van der Waals surface area contributed by atoms with E-state index in [0.29, 0.717) is 5.92 Å². The van der Waals surface area contributed by atoms with E-state index in [0.717, 1.165) is 29.2 Å². The number of hydrogen-bond acceptors (Lipinski definition) is 5. The van der Waals surface area contributed by atoms with E-state index in [4.69, 9.17) is 4.42 Å². The Labute approximate surface area is 114 Å². The summed E-state index contributed by atoms with van der Waals surface area (Å²) in [6, 6.07) is 6.07. The van der Waals surface area contributed by atoms with E-state index in [1.165, 1.54) is 17.7 Å². The first-order valence-corrected chi connectivity index (χ1v) is 7.28. The van der Waals surface area contributed by atoms with Gasteiger partial charge < -0.3 is 9.73 Å². The van der Waals surface area contributed by atoms with Crippen LogP contribution in [-0.2, 0) is 6.54 Å². The molecule has 5 heteroatoms. The molecule has 1 aliphatic carbocycles. The summed E-state index contributed by atoms with van der Waals surface area (Å²) >= 11 is 1.65. The third-order valence-electron chi connectivity index (χ3n) is 3.28. The minimum Gasteiger partial charge on any atom is -0.440 e. The number of nitrogens with one attached hydrogen (secondary N) is 1. The minimum absolute atomic E-state index is 0.556. The molecule has 1 aliphatic rings. The van der Waals surface area contributed by atoms with Crippen LogP contribution >= 0.6 is 11.3 Å². The summed E-state index contributed by atoms with van der Waals surface area (Å²) in [5.41, 5.74) is 4.73. The van der Waals surface area contributed by atoms with Gasteiger partial charge >= 0.3 is 0 Å². The SMILES string of the molecule is c1ncc(CNc2ccc3oc(C4CC4)nc3c2)s1. The molecule has 1 aromatic carbocycles. The molecule has 2 aromatic heterocycles. The van der Waals surface area contributed by atoms with Crippen molar-refractivity contribution in [2.24, 2.45) is 0 Å². The molecule has 1 saturated carbocycles. The fourth-order valence-corrected chi connectivity index (χ4v) is 2.61. The van der Waals surface area contributed by atoms with Gasteiger partial charge in [-0.1, -0.05) is 0 Å². The predicted molar refractivity (Wildman–Crippen MR) is 75.4 cm³/mol. The normalized spacial score (nSPS) is 14.9. The van der Waals surface area contributed by atoms with Crippen molar-refractivity contribution in [1.82, 2.24) is 9.97 Å². The zero-order chi connectivity index (χ0) is 12.7. The van der Waals surface area contributed by atoms with Crippen molar-refractivity contribution in [2.45, 2.75) is 25.3 Å². The predicted octanol–water partition coefficient (Wildman–Crippen LogP) is 3.77. The van der Waals surface area contributed by atoms with Crippen molar-refractivity contribution >= 4 is 28.1 Å². The quantitative estimate of drug-likeness (QED) is 0.784. The topological polar surface area (TPSA) is 51.0 Å². The highest BCUT2D eigenvalue weighted by atomic mass is 32.1. The molecule has 96 valence electrons. The van der Waals surface area contributed by atoms with Crippen molar-refractivity contribution in [3.63, 3.8) is 0 Å². The summed E-state index contributed by atoms with van der Waals surface area (Å²) < 4.78 is 5.75. The second-order valence-corrected chi connectivity index (χ2v) is 5.80. The molecule has 0 amide bonds. The second-order valence-electron chi connectivity index (χ2n) is 4.83. The van der Waals surface area contributed by atoms with E-state index in [1.807, 2.05) is 29.9 Å². The highest BCUT2D eigenvalue weighted by molar-refractivity contribution is 7.09. The van der Waals surface area contributed by atoms with Gasteiger partial charge in [-0.05, 0) is 31.0 Å². The Balaban J connectivity index is 1.56. The Bertz CT molecular complexity index is 701. The Hall–Kier alpha value is -1.88. The molecule has 0 radical (unpaired) electrons. The van der Waals surface area contributed by atoms with Crippen molar-refractivity contribution in [1.29, 1.82) is 0 Å². The van der Waals surface area contributed by atoms with Gasteiger partial charge in [0.15, 0.2) is 11.5 Å². The first-order valence-electron chi connectivity index (χ1n) is 6.40. The van der Waals surface area contributed by atoms with Crippen LogP contribution in [0.5, 0.6) is 0 Å². The largest absolute Gasteiger partial charge is 0.440 e. The molecule has 4 rings (SSSR count). The first-order chi connectivity index (χ1) is 9.38. The van der Waals surface area contributed by atoms with Gasteiger partial charge in [-0.25, -0.2) is 4.98 Å². The number of fused-ring (bicyclic) bond motifs is 1. The van der Waals surface area contributed by atoms with E-state index >= 15 is 0 Å². The standard InChI is InChI=1S/C14H13N3OS/c1-2-9(1)14-17-12-5-10(3-4-13(12)18-14)16-7-11-6-15-8-19-11/h3-6,8-9,16H,1-2,7H2. The summed E-state index contributed by atoms with van der Waals surface area (Å²) in [5.74, 6) is 1.45. The molecule has 19 heavy (non-hydrogen) atoms. The average Bonchev–Trinajstić information content (AvgIpc) is 3.00. The Morgan fingerprint density at radius 2 is 2.32 bits per heavy atom. The molecule has 1 fully saturated rings. The van der Waals surface area contributed by atoms with E-state index in [9.17, 15) is 0 Å². The van der Waals surface area contributed by atoms with E-state index in [2.05, 4.69) is 15.3 Å². The Kier molecular flexibility index (Phi) is 2.51. The van der Waals surface area contributed by atoms with Crippen LogP contribution < -0.4 is 5.32 Å². The third kappa shape index (κ3) is 2.21. The highest BCUT2D eigenvalue weighted by Gasteiger charge is 2.28. The molecule has 0 aliphatic heterocycles. The average molecular weight is 271 g/mol. The van der Waals surface area contributed by atoms with Crippen LogP contribution in [0, 0.1) is 0 Å². The highest BCUT2D eigenvalue weighted by Crippen LogP contribution is 2.40. The maximum absolute atomic E-state index is 5.75. The van der Waals surface area contributed by atoms with Crippen LogP contribution in [0.25, 0.3) is 11.1 Å². The van der Waals surface area contributed by atoms with E-state index < -0.39 is 0 Å². The third-order valence-corrected chi connectivity index (χ3v) is 4.06. The number of nitrogens with zero attached hydrogens (tertiary/aromatic N) is 2. The smallest absolute Gasteiger partial charge is 0.198 e. The molecule has 4 nitrogen and oxygen atoms in total. The van der Waals surface area contributed by atoms with E-state index in [1.54, 1.807) is 11.3 Å². The lowest BCUT2D eigenvalue weighted by atomic mass is 10.3. The van der Waals surface area contributed by atoms with Gasteiger partial charge in [0, 0.05) is 22.7 Å². The van der Waals surface area contributed by atoms with Gasteiger partial charge in [0.05, 0.1) is 12.1 Å². The number of anilines is 1. The summed E-state index contributed by atoms with van der Waals surface area (Å²) in [5, 5.41) is 3.38. The summed E-state index contributed by atoms with van der Waals surface area (Å²) in [4.78, 5) is 9.85. The van der Waals surface area contributed by atoms with Crippen molar-refractivity contribution in [2.75, 3.05) is 5.32 Å². The molecule has 3 aromatic rings. The first kappa shape index (κ1) is 11.0. The fourth-order valence-electron chi connectivity index (χ4n) is 2.08. The van der Waals surface area contributed by atoms with E-state index in [-0.39, 0.29) is 0 Å². The van der Waals surface area contributed by atoms with Crippen molar-refractivity contribution < 1.29 is 4.42 Å². The lowest BCUT2D eigenvalue weighted by Gasteiger charge is -2.03. The summed E-state index contributed by atoms with van der Waals surface area (Å²) in [6.07, 6.45) is 4.31. The lowest BCUT2D eigenvalue weighted by molar-refractivity contribution is 0.533. The van der Waals surface area contributed by atoms with Crippen LogP contribution in [0.3, 0.4) is 0 Å². The summed E-state index contributed by atoms with van der Waals surface area (Å²) in [6.45, 7) is 0.795. The number of oxazole rings is 1. The number of aromatic nitrogens is 2. The van der Waals surface area contributed by atoms with Gasteiger partial charge in [-0.15, -0.1) is 11.3 Å². The molecule has 2 heterocycles. The van der Waals surface area contributed by atoms with Gasteiger partial charge in [0.25, 0.3) is 0 Å². The van der Waals surface area contributed by atoms with Crippen LogP contribution in [-0.4, -0.2) is 9.97 Å². The molecule has 0 spiro atoms. The van der Waals surface area contributed by atoms with Crippen LogP contribution in [0.4, 0.5) is 5.69 Å². The second kappa shape index (κ2) is 4.35. The zero-order valence-electron chi connectivity index (χ0n) is 10.3. The Morgan fingerprint density at radius 3 is 3.11 bits per heavy atom. The maximum atomic E-state index is 5.75. The number of benzene rings is 1. The maximum Gasteiger partial charge on any atom is 0.198 e. The number of thiazole rings is 1. The molecular formula is C14H13N3OS. The monoisotopic (exact) mass is 271 g/mol. The number of rotatable bonds is 4.